The highest BCUT2D eigenvalue weighted by molar-refractivity contribution is 5.85. The second-order valence-electron chi connectivity index (χ2n) is 4.67. The first-order valence-electron chi connectivity index (χ1n) is 6.50. The number of hydrogen-bond donors (Lipinski definition) is 3. The van der Waals surface area contributed by atoms with E-state index in [1.165, 1.54) is 0 Å². The highest BCUT2D eigenvalue weighted by atomic mass is 15.1. The maximum absolute atomic E-state index is 5.77. The summed E-state index contributed by atoms with van der Waals surface area (Å²) in [5.74, 6) is 0.845. The lowest BCUT2D eigenvalue weighted by atomic mass is 10.1. The van der Waals surface area contributed by atoms with Gasteiger partial charge in [-0.2, -0.15) is 15.0 Å². The molecule has 0 saturated heterocycles. The predicted octanol–water partition coefficient (Wildman–Crippen LogP) is 1.76. The van der Waals surface area contributed by atoms with Crippen molar-refractivity contribution in [3.8, 4) is 0 Å². The van der Waals surface area contributed by atoms with E-state index in [1.54, 1.807) is 6.20 Å². The third-order valence-electron chi connectivity index (χ3n) is 3.15. The molecule has 5 N–H and O–H groups in total. The molecule has 1 atom stereocenters. The first-order valence-corrected chi connectivity index (χ1v) is 6.50. The number of nitrogens with zero attached hydrogens (tertiary/aromatic N) is 4. The summed E-state index contributed by atoms with van der Waals surface area (Å²) in [6, 6.07) is 10.1. The van der Waals surface area contributed by atoms with Crippen molar-refractivity contribution in [2.24, 2.45) is 0 Å². The summed E-state index contributed by atoms with van der Waals surface area (Å²) in [6.45, 7) is 2.03. The van der Waals surface area contributed by atoms with Crippen LogP contribution in [-0.2, 0) is 0 Å². The average molecular weight is 281 g/mol. The quantitative estimate of drug-likeness (QED) is 0.669. The van der Waals surface area contributed by atoms with E-state index >= 15 is 0 Å². The summed E-state index contributed by atoms with van der Waals surface area (Å²) in [7, 11) is 0. The third kappa shape index (κ3) is 2.66. The standard InChI is InChI=1S/C14H15N7/c1-8(9-5-3-2-4-6-9)18-14-17-7-10-11(15)19-13(16)20-12(10)21-14/h2-8H,1H3,(H5,15,16,17,18,19,20,21). The smallest absolute Gasteiger partial charge is 0.225 e. The molecule has 0 fully saturated rings. The minimum absolute atomic E-state index is 0.0696. The first kappa shape index (κ1) is 13.0. The van der Waals surface area contributed by atoms with Crippen LogP contribution in [0.2, 0.25) is 0 Å². The van der Waals surface area contributed by atoms with Crippen molar-refractivity contribution in [1.82, 2.24) is 19.9 Å². The zero-order chi connectivity index (χ0) is 14.8. The lowest BCUT2D eigenvalue weighted by molar-refractivity contribution is 0.863. The van der Waals surface area contributed by atoms with Crippen molar-refractivity contribution in [3.63, 3.8) is 0 Å². The average Bonchev–Trinajstić information content (AvgIpc) is 2.47. The lowest BCUT2D eigenvalue weighted by Crippen LogP contribution is -2.10. The number of aromatic nitrogens is 4. The Balaban J connectivity index is 1.91. The molecule has 1 aromatic carbocycles. The van der Waals surface area contributed by atoms with Gasteiger partial charge in [0.15, 0.2) is 5.65 Å². The first-order chi connectivity index (χ1) is 10.1. The van der Waals surface area contributed by atoms with Crippen LogP contribution in [0.3, 0.4) is 0 Å². The summed E-state index contributed by atoms with van der Waals surface area (Å²) in [4.78, 5) is 16.5. The molecule has 0 amide bonds. The molecular weight excluding hydrogens is 266 g/mol. The number of fused-ring (bicyclic) bond motifs is 1. The molecule has 0 saturated carbocycles. The number of hydrogen-bond acceptors (Lipinski definition) is 7. The second-order valence-corrected chi connectivity index (χ2v) is 4.67. The van der Waals surface area contributed by atoms with Gasteiger partial charge in [-0.1, -0.05) is 30.3 Å². The Bertz CT molecular complexity index is 773. The normalized spacial score (nSPS) is 12.2. The Labute approximate surface area is 121 Å². The van der Waals surface area contributed by atoms with E-state index < -0.39 is 0 Å². The van der Waals surface area contributed by atoms with Gasteiger partial charge >= 0.3 is 0 Å². The van der Waals surface area contributed by atoms with Crippen LogP contribution < -0.4 is 16.8 Å². The van der Waals surface area contributed by atoms with E-state index in [2.05, 4.69) is 25.3 Å². The topological polar surface area (TPSA) is 116 Å². The minimum Gasteiger partial charge on any atom is -0.383 e. The number of rotatable bonds is 3. The van der Waals surface area contributed by atoms with E-state index in [4.69, 9.17) is 11.5 Å². The van der Waals surface area contributed by atoms with Crippen LogP contribution in [0.25, 0.3) is 11.0 Å². The van der Waals surface area contributed by atoms with Crippen molar-refractivity contribution in [3.05, 3.63) is 42.1 Å². The van der Waals surface area contributed by atoms with Gasteiger partial charge in [-0.15, -0.1) is 0 Å². The van der Waals surface area contributed by atoms with Crippen LogP contribution in [0.4, 0.5) is 17.7 Å². The molecule has 7 heteroatoms. The Hall–Kier alpha value is -2.96. The van der Waals surface area contributed by atoms with Gasteiger partial charge in [-0.25, -0.2) is 4.98 Å². The van der Waals surface area contributed by atoms with E-state index in [-0.39, 0.29) is 17.8 Å². The van der Waals surface area contributed by atoms with E-state index in [0.717, 1.165) is 5.56 Å². The van der Waals surface area contributed by atoms with Gasteiger partial charge in [-0.05, 0) is 12.5 Å². The SMILES string of the molecule is CC(Nc1ncc2c(N)nc(N)nc2n1)c1ccccc1. The molecule has 0 aliphatic heterocycles. The van der Waals surface area contributed by atoms with Crippen molar-refractivity contribution < 1.29 is 0 Å². The molecule has 3 rings (SSSR count). The minimum atomic E-state index is 0.0696. The number of nitrogen functional groups attached to an aromatic ring is 2. The van der Waals surface area contributed by atoms with Crippen molar-refractivity contribution >= 4 is 28.7 Å². The zero-order valence-corrected chi connectivity index (χ0v) is 11.5. The van der Waals surface area contributed by atoms with Gasteiger partial charge < -0.3 is 16.8 Å². The van der Waals surface area contributed by atoms with Gasteiger partial charge in [0.1, 0.15) is 5.82 Å². The molecule has 2 heterocycles. The molecule has 0 aliphatic rings. The molecule has 0 bridgehead atoms. The fourth-order valence-corrected chi connectivity index (χ4v) is 2.04. The van der Waals surface area contributed by atoms with Crippen LogP contribution in [-0.4, -0.2) is 19.9 Å². The molecular formula is C14H15N7. The molecule has 3 aromatic rings. The molecule has 0 radical (unpaired) electrons. The zero-order valence-electron chi connectivity index (χ0n) is 11.5. The maximum Gasteiger partial charge on any atom is 0.225 e. The van der Waals surface area contributed by atoms with Crippen LogP contribution in [0.1, 0.15) is 18.5 Å². The Kier molecular flexibility index (Phi) is 3.23. The lowest BCUT2D eigenvalue weighted by Gasteiger charge is -2.14. The van der Waals surface area contributed by atoms with Gasteiger partial charge in [0.05, 0.1) is 11.4 Å². The molecule has 21 heavy (non-hydrogen) atoms. The Morgan fingerprint density at radius 1 is 1.05 bits per heavy atom. The van der Waals surface area contributed by atoms with Crippen molar-refractivity contribution in [1.29, 1.82) is 0 Å². The van der Waals surface area contributed by atoms with Crippen LogP contribution in [0.5, 0.6) is 0 Å². The van der Waals surface area contributed by atoms with Crippen molar-refractivity contribution in [2.75, 3.05) is 16.8 Å². The Morgan fingerprint density at radius 2 is 1.81 bits per heavy atom. The van der Waals surface area contributed by atoms with Gasteiger partial charge in [0, 0.05) is 6.20 Å². The molecule has 7 nitrogen and oxygen atoms in total. The second kappa shape index (κ2) is 5.20. The van der Waals surface area contributed by atoms with Crippen LogP contribution >= 0.6 is 0 Å². The van der Waals surface area contributed by atoms with Gasteiger partial charge in [0.2, 0.25) is 11.9 Å². The summed E-state index contributed by atoms with van der Waals surface area (Å²) < 4.78 is 0. The fourth-order valence-electron chi connectivity index (χ4n) is 2.04. The molecule has 0 spiro atoms. The maximum atomic E-state index is 5.77. The third-order valence-corrected chi connectivity index (χ3v) is 3.15. The summed E-state index contributed by atoms with van der Waals surface area (Å²) in [6.07, 6.45) is 1.59. The number of anilines is 3. The summed E-state index contributed by atoms with van der Waals surface area (Å²) >= 11 is 0. The molecule has 106 valence electrons. The number of nitrogens with one attached hydrogen (secondary N) is 1. The number of benzene rings is 1. The monoisotopic (exact) mass is 281 g/mol. The molecule has 1 unspecified atom stereocenters. The van der Waals surface area contributed by atoms with Crippen LogP contribution in [0, 0.1) is 0 Å². The Morgan fingerprint density at radius 3 is 2.57 bits per heavy atom. The van der Waals surface area contributed by atoms with Gasteiger partial charge in [0.25, 0.3) is 0 Å². The van der Waals surface area contributed by atoms with Crippen molar-refractivity contribution in [2.45, 2.75) is 13.0 Å². The predicted molar refractivity (Wildman–Crippen MR) is 82.4 cm³/mol. The fraction of sp³-hybridized carbons (Fsp3) is 0.143. The van der Waals surface area contributed by atoms with E-state index in [9.17, 15) is 0 Å². The molecule has 2 aromatic heterocycles. The summed E-state index contributed by atoms with van der Waals surface area (Å²) in [5.41, 5.74) is 12.9. The van der Waals surface area contributed by atoms with Gasteiger partial charge in [-0.3, -0.25) is 0 Å². The van der Waals surface area contributed by atoms with E-state index in [1.807, 2.05) is 37.3 Å². The number of nitrogens with two attached hydrogens (primary N) is 2. The largest absolute Gasteiger partial charge is 0.383 e. The van der Waals surface area contributed by atoms with Crippen LogP contribution in [0.15, 0.2) is 36.5 Å². The highest BCUT2D eigenvalue weighted by Crippen LogP contribution is 2.20. The highest BCUT2D eigenvalue weighted by Gasteiger charge is 2.10. The summed E-state index contributed by atoms with van der Waals surface area (Å²) in [5, 5.41) is 3.81. The molecule has 0 aliphatic carbocycles. The van der Waals surface area contributed by atoms with E-state index in [0.29, 0.717) is 17.0 Å².